The topological polar surface area (TPSA) is 49.8 Å². The highest BCUT2D eigenvalue weighted by atomic mass is 35.5. The largest absolute Gasteiger partial charge is 0.444 e. The van der Waals surface area contributed by atoms with Crippen LogP contribution in [0.15, 0.2) is 18.2 Å². The number of carbonyl (C=O) groups is 1. The fourth-order valence-corrected chi connectivity index (χ4v) is 4.39. The summed E-state index contributed by atoms with van der Waals surface area (Å²) >= 11 is 6.20. The predicted octanol–water partition coefficient (Wildman–Crippen LogP) is 4.43. The molecule has 1 fully saturated rings. The van der Waals surface area contributed by atoms with Crippen LogP contribution in [-0.4, -0.2) is 34.3 Å². The Hall–Kier alpha value is -1.26. The minimum atomic E-state index is -0.490. The zero-order valence-electron chi connectivity index (χ0n) is 14.8. The molecule has 1 aliphatic carbocycles. The Kier molecular flexibility index (Phi) is 4.33. The van der Waals surface area contributed by atoms with E-state index in [1.165, 1.54) is 0 Å². The molecule has 1 N–H and O–H groups in total. The van der Waals surface area contributed by atoms with Crippen LogP contribution >= 0.6 is 11.6 Å². The van der Waals surface area contributed by atoms with E-state index < -0.39 is 11.7 Å². The zero-order valence-corrected chi connectivity index (χ0v) is 15.6. The van der Waals surface area contributed by atoms with Crippen LogP contribution in [0.5, 0.6) is 0 Å². The first-order valence-corrected chi connectivity index (χ1v) is 8.97. The molecule has 5 heteroatoms. The molecule has 1 aromatic carbocycles. The molecule has 1 spiro atoms. The molecule has 3 unspecified atom stereocenters. The standard InChI is InChI=1S/C19H26ClNO3/c1-12-10-19(7-8-21(12)17(23)24-18(2,3)4)11-16(22)14-6-5-13(20)9-15(14)19/h5-6,9,12,16,22H,7-8,10-11H2,1-4H3. The van der Waals surface area contributed by atoms with Crippen LogP contribution < -0.4 is 0 Å². The molecule has 0 radical (unpaired) electrons. The Morgan fingerprint density at radius 1 is 1.38 bits per heavy atom. The Labute approximate surface area is 148 Å². The van der Waals surface area contributed by atoms with Gasteiger partial charge in [-0.2, -0.15) is 0 Å². The number of hydrogen-bond acceptors (Lipinski definition) is 3. The summed E-state index contributed by atoms with van der Waals surface area (Å²) in [5.41, 5.74) is 1.54. The van der Waals surface area contributed by atoms with Gasteiger partial charge in [0, 0.05) is 23.0 Å². The summed E-state index contributed by atoms with van der Waals surface area (Å²) in [5.74, 6) is 0. The molecule has 2 aliphatic rings. The summed E-state index contributed by atoms with van der Waals surface area (Å²) in [5, 5.41) is 11.2. The average molecular weight is 352 g/mol. The molecule has 1 amide bonds. The van der Waals surface area contributed by atoms with Crippen molar-refractivity contribution in [1.29, 1.82) is 0 Å². The van der Waals surface area contributed by atoms with Gasteiger partial charge >= 0.3 is 6.09 Å². The quantitative estimate of drug-likeness (QED) is 0.752. The molecule has 0 bridgehead atoms. The smallest absolute Gasteiger partial charge is 0.410 e. The van der Waals surface area contributed by atoms with Crippen LogP contribution in [-0.2, 0) is 10.2 Å². The number of hydrogen-bond donors (Lipinski definition) is 1. The molecular formula is C19H26ClNO3. The van der Waals surface area contributed by atoms with Crippen LogP contribution in [0.4, 0.5) is 4.79 Å². The molecular weight excluding hydrogens is 326 g/mol. The number of aliphatic hydroxyl groups is 1. The van der Waals surface area contributed by atoms with Crippen molar-refractivity contribution in [2.75, 3.05) is 6.54 Å². The van der Waals surface area contributed by atoms with Crippen molar-refractivity contribution in [3.63, 3.8) is 0 Å². The second kappa shape index (κ2) is 5.92. The summed E-state index contributed by atoms with van der Waals surface area (Å²) in [6, 6.07) is 5.82. The fourth-order valence-electron chi connectivity index (χ4n) is 4.22. The molecule has 0 saturated carbocycles. The van der Waals surface area contributed by atoms with Crippen LogP contribution in [0.1, 0.15) is 64.2 Å². The van der Waals surface area contributed by atoms with Crippen molar-refractivity contribution in [2.45, 2.75) is 70.1 Å². The third-order valence-electron chi connectivity index (χ3n) is 5.21. The molecule has 3 atom stereocenters. The normalized spacial score (nSPS) is 29.7. The highest BCUT2D eigenvalue weighted by Crippen LogP contribution is 2.52. The Morgan fingerprint density at radius 2 is 2.08 bits per heavy atom. The number of halogens is 1. The molecule has 0 aromatic heterocycles. The maximum Gasteiger partial charge on any atom is 0.410 e. The highest BCUT2D eigenvalue weighted by molar-refractivity contribution is 6.30. The van der Waals surface area contributed by atoms with E-state index in [1.54, 1.807) is 0 Å². The molecule has 1 aliphatic heterocycles. The number of fused-ring (bicyclic) bond motifs is 2. The average Bonchev–Trinajstić information content (AvgIpc) is 2.69. The van der Waals surface area contributed by atoms with E-state index >= 15 is 0 Å². The number of carbonyl (C=O) groups excluding carboxylic acids is 1. The van der Waals surface area contributed by atoms with E-state index in [9.17, 15) is 9.90 Å². The Morgan fingerprint density at radius 3 is 2.71 bits per heavy atom. The number of benzene rings is 1. The van der Waals surface area contributed by atoms with E-state index in [2.05, 4.69) is 6.92 Å². The highest BCUT2D eigenvalue weighted by Gasteiger charge is 2.48. The third kappa shape index (κ3) is 3.14. The number of aliphatic hydroxyl groups excluding tert-OH is 1. The number of nitrogens with zero attached hydrogens (tertiary/aromatic N) is 1. The number of likely N-dealkylation sites (tertiary alicyclic amines) is 1. The first kappa shape index (κ1) is 17.6. The summed E-state index contributed by atoms with van der Waals surface area (Å²) in [4.78, 5) is 14.2. The molecule has 1 aromatic rings. The van der Waals surface area contributed by atoms with Gasteiger partial charge in [-0.05, 0) is 70.2 Å². The first-order chi connectivity index (χ1) is 11.1. The van der Waals surface area contributed by atoms with Crippen molar-refractivity contribution in [2.24, 2.45) is 0 Å². The van der Waals surface area contributed by atoms with Gasteiger partial charge in [0.25, 0.3) is 0 Å². The van der Waals surface area contributed by atoms with E-state index in [4.69, 9.17) is 16.3 Å². The lowest BCUT2D eigenvalue weighted by Gasteiger charge is -2.44. The van der Waals surface area contributed by atoms with Gasteiger partial charge in [0.15, 0.2) is 0 Å². The second-order valence-corrected chi connectivity index (χ2v) is 8.65. The lowest BCUT2D eigenvalue weighted by molar-refractivity contribution is 0.00176. The summed E-state index contributed by atoms with van der Waals surface area (Å²) < 4.78 is 5.52. The van der Waals surface area contributed by atoms with Crippen LogP contribution in [0.3, 0.4) is 0 Å². The molecule has 4 nitrogen and oxygen atoms in total. The van der Waals surface area contributed by atoms with Gasteiger partial charge in [-0.3, -0.25) is 0 Å². The maximum absolute atomic E-state index is 12.4. The van der Waals surface area contributed by atoms with Crippen molar-refractivity contribution in [1.82, 2.24) is 4.90 Å². The number of rotatable bonds is 0. The summed E-state index contributed by atoms with van der Waals surface area (Å²) in [6.07, 6.45) is 1.64. The second-order valence-electron chi connectivity index (χ2n) is 8.21. The maximum atomic E-state index is 12.4. The number of piperidine rings is 1. The lowest BCUT2D eigenvalue weighted by Crippen LogP contribution is -2.51. The van der Waals surface area contributed by atoms with Crippen LogP contribution in [0.25, 0.3) is 0 Å². The Balaban J connectivity index is 1.82. The minimum Gasteiger partial charge on any atom is -0.444 e. The van der Waals surface area contributed by atoms with Gasteiger partial charge in [-0.1, -0.05) is 17.7 Å². The molecule has 24 heavy (non-hydrogen) atoms. The van der Waals surface area contributed by atoms with Crippen LogP contribution in [0, 0.1) is 0 Å². The SMILES string of the molecule is CC1CC2(CCN1C(=O)OC(C)(C)C)CC(O)c1ccc(Cl)cc12. The molecule has 132 valence electrons. The van der Waals surface area contributed by atoms with Gasteiger partial charge in [0.2, 0.25) is 0 Å². The van der Waals surface area contributed by atoms with Gasteiger partial charge < -0.3 is 14.7 Å². The van der Waals surface area contributed by atoms with Gasteiger partial charge in [0.1, 0.15) is 5.60 Å². The molecule has 1 saturated heterocycles. The van der Waals surface area contributed by atoms with Gasteiger partial charge in [-0.25, -0.2) is 4.79 Å². The zero-order chi connectivity index (χ0) is 17.7. The van der Waals surface area contributed by atoms with Gasteiger partial charge in [-0.15, -0.1) is 0 Å². The van der Waals surface area contributed by atoms with Crippen molar-refractivity contribution in [3.05, 3.63) is 34.3 Å². The van der Waals surface area contributed by atoms with Crippen molar-refractivity contribution in [3.8, 4) is 0 Å². The van der Waals surface area contributed by atoms with Crippen molar-refractivity contribution < 1.29 is 14.6 Å². The van der Waals surface area contributed by atoms with E-state index in [0.29, 0.717) is 18.0 Å². The molecule has 1 heterocycles. The van der Waals surface area contributed by atoms with E-state index in [0.717, 1.165) is 24.0 Å². The summed E-state index contributed by atoms with van der Waals surface area (Å²) in [6.45, 7) is 8.33. The fraction of sp³-hybridized carbons (Fsp3) is 0.632. The van der Waals surface area contributed by atoms with Crippen LogP contribution in [0.2, 0.25) is 5.02 Å². The predicted molar refractivity (Wildman–Crippen MR) is 94.3 cm³/mol. The minimum absolute atomic E-state index is 0.0609. The summed E-state index contributed by atoms with van der Waals surface area (Å²) in [7, 11) is 0. The molecule has 3 rings (SSSR count). The number of ether oxygens (including phenoxy) is 1. The van der Waals surface area contributed by atoms with E-state index in [1.807, 2.05) is 43.9 Å². The Bertz CT molecular complexity index is 655. The number of amides is 1. The lowest BCUT2D eigenvalue weighted by atomic mass is 9.71. The first-order valence-electron chi connectivity index (χ1n) is 8.59. The van der Waals surface area contributed by atoms with Gasteiger partial charge in [0.05, 0.1) is 6.10 Å². The third-order valence-corrected chi connectivity index (χ3v) is 5.44. The van der Waals surface area contributed by atoms with E-state index in [-0.39, 0.29) is 17.6 Å². The van der Waals surface area contributed by atoms with Crippen molar-refractivity contribution >= 4 is 17.7 Å². The monoisotopic (exact) mass is 351 g/mol.